The summed E-state index contributed by atoms with van der Waals surface area (Å²) in [4.78, 5) is 34.0. The number of allylic oxidation sites excluding steroid dienone is 2. The molecule has 1 rings (SSSR count). The second-order valence-corrected chi connectivity index (χ2v) is 10.5. The van der Waals surface area contributed by atoms with Crippen molar-refractivity contribution in [3.63, 3.8) is 0 Å². The van der Waals surface area contributed by atoms with E-state index >= 15 is 0 Å². The second-order valence-electron chi connectivity index (χ2n) is 9.37. The first-order valence-electron chi connectivity index (χ1n) is 13.6. The SMILES string of the molecule is CCCCCCCC/C=C\CCCCCCCC(=O)N[C@@H](CCc1ccccc1)COP(=O)([O-])[O-]. The molecule has 1 amide bonds. The van der Waals surface area contributed by atoms with Crippen molar-refractivity contribution >= 4 is 13.7 Å². The lowest BCUT2D eigenvalue weighted by molar-refractivity contribution is -0.342. The Morgan fingerprint density at radius 3 is 2.09 bits per heavy atom. The second kappa shape index (κ2) is 20.7. The van der Waals surface area contributed by atoms with Crippen molar-refractivity contribution in [2.24, 2.45) is 0 Å². The minimum atomic E-state index is -5.07. The Morgan fingerprint density at radius 1 is 0.914 bits per heavy atom. The van der Waals surface area contributed by atoms with E-state index in [4.69, 9.17) is 0 Å². The molecule has 7 heteroatoms. The van der Waals surface area contributed by atoms with Crippen molar-refractivity contribution in [1.82, 2.24) is 5.32 Å². The summed E-state index contributed by atoms with van der Waals surface area (Å²) >= 11 is 0. The van der Waals surface area contributed by atoms with Crippen LogP contribution in [-0.2, 0) is 20.3 Å². The maximum atomic E-state index is 12.3. The standard InChI is InChI=1S/C28H48NO5P/c1-2-3-4-5-6-7-8-9-10-11-12-13-14-15-19-22-28(30)29-27(25-34-35(31,32)33)24-23-26-20-17-16-18-21-26/h9-10,16-18,20-21,27H,2-8,11-15,19,22-25H2,1H3,(H,29,30)(H2,31,32,33)/p-2/b10-9-/t27-/m0/s1. The number of amides is 1. The smallest absolute Gasteiger partial charge is 0.220 e. The van der Waals surface area contributed by atoms with E-state index in [2.05, 4.69) is 28.9 Å². The number of benzene rings is 1. The van der Waals surface area contributed by atoms with E-state index in [0.29, 0.717) is 19.3 Å². The molecule has 0 unspecified atom stereocenters. The average molecular weight is 508 g/mol. The largest absolute Gasteiger partial charge is 0.790 e. The molecule has 1 aromatic carbocycles. The minimum absolute atomic E-state index is 0.129. The number of carbonyl (C=O) groups excluding carboxylic acids is 1. The molecule has 0 saturated carbocycles. The van der Waals surface area contributed by atoms with Crippen LogP contribution in [0.4, 0.5) is 0 Å². The van der Waals surface area contributed by atoms with Crippen LogP contribution in [0.1, 0.15) is 109 Å². The third kappa shape index (κ3) is 20.4. The van der Waals surface area contributed by atoms with Crippen molar-refractivity contribution in [3.05, 3.63) is 48.0 Å². The highest BCUT2D eigenvalue weighted by Crippen LogP contribution is 2.25. The normalized spacial score (nSPS) is 12.8. The first kappa shape index (κ1) is 31.6. The van der Waals surface area contributed by atoms with Crippen LogP contribution in [0, 0.1) is 0 Å². The Balaban J connectivity index is 2.11. The molecular formula is C28H46NO5P-2. The summed E-state index contributed by atoms with van der Waals surface area (Å²) in [6.07, 6.45) is 21.8. The van der Waals surface area contributed by atoms with E-state index in [-0.39, 0.29) is 12.5 Å². The summed E-state index contributed by atoms with van der Waals surface area (Å²) in [6.45, 7) is 1.92. The van der Waals surface area contributed by atoms with Crippen LogP contribution in [0.25, 0.3) is 0 Å². The van der Waals surface area contributed by atoms with Crippen LogP contribution in [0.3, 0.4) is 0 Å². The van der Waals surface area contributed by atoms with Gasteiger partial charge in [0.1, 0.15) is 0 Å². The molecule has 0 aromatic heterocycles. The number of phosphoric ester groups is 1. The lowest BCUT2D eigenvalue weighted by Gasteiger charge is -2.31. The maximum absolute atomic E-state index is 12.3. The Bertz CT molecular complexity index is 719. The van der Waals surface area contributed by atoms with Crippen LogP contribution in [0.15, 0.2) is 42.5 Å². The van der Waals surface area contributed by atoms with Gasteiger partial charge in [0.05, 0.1) is 20.5 Å². The van der Waals surface area contributed by atoms with Crippen LogP contribution in [-0.4, -0.2) is 18.6 Å². The van der Waals surface area contributed by atoms with Gasteiger partial charge in [0.2, 0.25) is 5.91 Å². The minimum Gasteiger partial charge on any atom is -0.790 e. The monoisotopic (exact) mass is 507 g/mol. The van der Waals surface area contributed by atoms with Crippen LogP contribution in [0.5, 0.6) is 0 Å². The van der Waals surface area contributed by atoms with Gasteiger partial charge in [-0.25, -0.2) is 0 Å². The van der Waals surface area contributed by atoms with Crippen molar-refractivity contribution in [3.8, 4) is 0 Å². The zero-order valence-corrected chi connectivity index (χ0v) is 22.5. The molecule has 0 heterocycles. The number of hydrogen-bond donors (Lipinski definition) is 1. The highest BCUT2D eigenvalue weighted by atomic mass is 31.2. The first-order valence-corrected chi connectivity index (χ1v) is 15.0. The van der Waals surface area contributed by atoms with E-state index in [1.54, 1.807) is 0 Å². The molecule has 6 nitrogen and oxygen atoms in total. The fourth-order valence-electron chi connectivity index (χ4n) is 4.02. The van der Waals surface area contributed by atoms with E-state index in [1.807, 2.05) is 30.3 Å². The van der Waals surface area contributed by atoms with Gasteiger partial charge in [-0.2, -0.15) is 0 Å². The predicted molar refractivity (Wildman–Crippen MR) is 140 cm³/mol. The number of unbranched alkanes of at least 4 members (excludes halogenated alkanes) is 11. The van der Waals surface area contributed by atoms with E-state index in [9.17, 15) is 19.1 Å². The number of hydrogen-bond acceptors (Lipinski definition) is 5. The summed E-state index contributed by atoms with van der Waals surface area (Å²) in [5, 5.41) is 2.84. The Kier molecular flexibility index (Phi) is 18.7. The summed E-state index contributed by atoms with van der Waals surface area (Å²) < 4.78 is 15.3. The van der Waals surface area contributed by atoms with Crippen LogP contribution >= 0.6 is 7.82 Å². The fourth-order valence-corrected chi connectivity index (χ4v) is 4.38. The molecule has 0 aliphatic heterocycles. The zero-order chi connectivity index (χ0) is 25.6. The third-order valence-corrected chi connectivity index (χ3v) is 6.55. The molecule has 1 aromatic rings. The van der Waals surface area contributed by atoms with Gasteiger partial charge < -0.3 is 24.2 Å². The van der Waals surface area contributed by atoms with Gasteiger partial charge in [0, 0.05) is 6.42 Å². The summed E-state index contributed by atoms with van der Waals surface area (Å²) in [7, 11) is -5.07. The predicted octanol–water partition coefficient (Wildman–Crippen LogP) is 5.99. The van der Waals surface area contributed by atoms with Gasteiger partial charge in [-0.05, 0) is 50.5 Å². The Labute approximate surface area is 213 Å². The van der Waals surface area contributed by atoms with Gasteiger partial charge in [-0.3, -0.25) is 4.79 Å². The molecule has 200 valence electrons. The maximum Gasteiger partial charge on any atom is 0.220 e. The molecule has 0 bridgehead atoms. The Hall–Kier alpha value is -1.46. The average Bonchev–Trinajstić information content (AvgIpc) is 2.83. The van der Waals surface area contributed by atoms with Gasteiger partial charge in [0.25, 0.3) is 0 Å². The molecular weight excluding hydrogens is 461 g/mol. The van der Waals surface area contributed by atoms with Crippen molar-refractivity contribution in [1.29, 1.82) is 0 Å². The third-order valence-electron chi connectivity index (χ3n) is 6.09. The lowest BCUT2D eigenvalue weighted by atomic mass is 10.0. The molecule has 1 atom stereocenters. The van der Waals surface area contributed by atoms with Gasteiger partial charge in [-0.15, -0.1) is 0 Å². The first-order chi connectivity index (χ1) is 16.9. The number of aryl methyl sites for hydroxylation is 1. The highest BCUT2D eigenvalue weighted by Gasteiger charge is 2.13. The van der Waals surface area contributed by atoms with Crippen molar-refractivity contribution in [2.45, 2.75) is 116 Å². The van der Waals surface area contributed by atoms with Gasteiger partial charge >= 0.3 is 0 Å². The summed E-state index contributed by atoms with van der Waals surface area (Å²) in [5.74, 6) is -0.129. The van der Waals surface area contributed by atoms with Gasteiger partial charge in [-0.1, -0.05) is 101 Å². The summed E-state index contributed by atoms with van der Waals surface area (Å²) in [6, 6.07) is 9.20. The molecule has 0 aliphatic rings. The topological polar surface area (TPSA) is 102 Å². The molecule has 0 spiro atoms. The zero-order valence-electron chi connectivity index (χ0n) is 21.6. The van der Waals surface area contributed by atoms with Crippen molar-refractivity contribution in [2.75, 3.05) is 6.61 Å². The van der Waals surface area contributed by atoms with E-state index in [1.165, 1.54) is 57.8 Å². The lowest BCUT2D eigenvalue weighted by Crippen LogP contribution is -2.39. The molecule has 0 radical (unpaired) electrons. The van der Waals surface area contributed by atoms with Gasteiger partial charge in [0.15, 0.2) is 0 Å². The molecule has 0 fully saturated rings. The molecule has 0 aliphatic carbocycles. The number of rotatable bonds is 22. The van der Waals surface area contributed by atoms with E-state index < -0.39 is 13.9 Å². The molecule has 0 saturated heterocycles. The van der Waals surface area contributed by atoms with E-state index in [0.717, 1.165) is 31.2 Å². The highest BCUT2D eigenvalue weighted by molar-refractivity contribution is 7.43. The Morgan fingerprint density at radius 2 is 1.49 bits per heavy atom. The number of carbonyl (C=O) groups is 1. The number of phosphoric acid groups is 1. The quantitative estimate of drug-likeness (QED) is 0.118. The number of nitrogens with one attached hydrogen (secondary N) is 1. The summed E-state index contributed by atoms with van der Waals surface area (Å²) in [5.41, 5.74) is 1.08. The molecule has 35 heavy (non-hydrogen) atoms. The van der Waals surface area contributed by atoms with Crippen LogP contribution in [0.2, 0.25) is 0 Å². The van der Waals surface area contributed by atoms with Crippen molar-refractivity contribution < 1.29 is 23.7 Å². The molecule has 1 N–H and O–H groups in total. The van der Waals surface area contributed by atoms with Crippen LogP contribution < -0.4 is 15.1 Å². The fraction of sp³-hybridized carbons (Fsp3) is 0.679.